The lowest BCUT2D eigenvalue weighted by atomic mass is 9.77. The summed E-state index contributed by atoms with van der Waals surface area (Å²) in [5, 5.41) is 5.00. The number of halogens is 2. The number of carbonyl (C=O) groups is 1. The summed E-state index contributed by atoms with van der Waals surface area (Å²) in [5.41, 5.74) is 3.65. The average Bonchev–Trinajstić information content (AvgIpc) is 3.13. The average molecular weight is 374 g/mol. The summed E-state index contributed by atoms with van der Waals surface area (Å²) in [5.74, 6) is 0.281. The van der Waals surface area contributed by atoms with Crippen molar-refractivity contribution in [2.75, 3.05) is 12.4 Å². The number of rotatable bonds is 2. The number of carbonyl (C=O) groups excluding carboxylic acids is 1. The smallest absolute Gasteiger partial charge is 0.337 e. The summed E-state index contributed by atoms with van der Waals surface area (Å²) >= 11 is 12.9. The van der Waals surface area contributed by atoms with E-state index < -0.39 is 0 Å². The third-order valence-corrected chi connectivity index (χ3v) is 5.75. The molecule has 1 aliphatic heterocycles. The molecule has 0 spiro atoms. The van der Waals surface area contributed by atoms with Gasteiger partial charge in [0.2, 0.25) is 0 Å². The van der Waals surface area contributed by atoms with Gasteiger partial charge in [-0.05, 0) is 42.2 Å². The van der Waals surface area contributed by atoms with Gasteiger partial charge in [-0.15, -0.1) is 0 Å². The zero-order chi connectivity index (χ0) is 17.6. The molecule has 0 aromatic heterocycles. The predicted octanol–water partition coefficient (Wildman–Crippen LogP) is 5.61. The fourth-order valence-corrected chi connectivity index (χ4v) is 4.41. The summed E-state index contributed by atoms with van der Waals surface area (Å²) in [6, 6.07) is 11.3. The lowest BCUT2D eigenvalue weighted by Crippen LogP contribution is -2.29. The lowest BCUT2D eigenvalue weighted by Gasteiger charge is -2.38. The van der Waals surface area contributed by atoms with Gasteiger partial charge in [-0.2, -0.15) is 0 Å². The van der Waals surface area contributed by atoms with E-state index in [4.69, 9.17) is 27.9 Å². The Morgan fingerprint density at radius 3 is 2.56 bits per heavy atom. The van der Waals surface area contributed by atoms with Gasteiger partial charge in [0.05, 0.1) is 29.4 Å². The first kappa shape index (κ1) is 16.5. The molecule has 3 atom stereocenters. The van der Waals surface area contributed by atoms with E-state index in [0.29, 0.717) is 16.5 Å². The SMILES string of the molecule is COC(=O)c1ccc([C@@H]2Nc3c(Cl)ccc(Cl)c3[C@@H]3C=CC[C@@H]32)cc1. The second-order valence-electron chi connectivity index (χ2n) is 6.41. The largest absolute Gasteiger partial charge is 0.465 e. The van der Waals surface area contributed by atoms with Crippen molar-refractivity contribution >= 4 is 34.9 Å². The minimum atomic E-state index is -0.330. The number of anilines is 1. The maximum absolute atomic E-state index is 11.6. The normalized spacial score (nSPS) is 23.6. The first-order valence-corrected chi connectivity index (χ1v) is 8.95. The molecule has 128 valence electrons. The van der Waals surface area contributed by atoms with Crippen molar-refractivity contribution in [3.63, 3.8) is 0 Å². The highest BCUT2D eigenvalue weighted by molar-refractivity contribution is 6.36. The fraction of sp³-hybridized carbons (Fsp3) is 0.250. The molecule has 25 heavy (non-hydrogen) atoms. The van der Waals surface area contributed by atoms with Crippen LogP contribution in [0.15, 0.2) is 48.6 Å². The highest BCUT2D eigenvalue weighted by Gasteiger charge is 2.39. The Morgan fingerprint density at radius 1 is 1.12 bits per heavy atom. The van der Waals surface area contributed by atoms with E-state index >= 15 is 0 Å². The minimum Gasteiger partial charge on any atom is -0.465 e. The van der Waals surface area contributed by atoms with Gasteiger partial charge in [0.15, 0.2) is 0 Å². The highest BCUT2D eigenvalue weighted by Crippen LogP contribution is 2.53. The van der Waals surface area contributed by atoms with Gasteiger partial charge in [0.25, 0.3) is 0 Å². The second-order valence-corrected chi connectivity index (χ2v) is 7.22. The van der Waals surface area contributed by atoms with E-state index in [2.05, 4.69) is 17.5 Å². The molecule has 1 aliphatic carbocycles. The monoisotopic (exact) mass is 373 g/mol. The lowest BCUT2D eigenvalue weighted by molar-refractivity contribution is 0.0600. The van der Waals surface area contributed by atoms with Crippen molar-refractivity contribution in [1.29, 1.82) is 0 Å². The quantitative estimate of drug-likeness (QED) is 0.549. The predicted molar refractivity (Wildman–Crippen MR) is 101 cm³/mol. The van der Waals surface area contributed by atoms with Crippen molar-refractivity contribution < 1.29 is 9.53 Å². The Hall–Kier alpha value is -1.97. The molecule has 0 unspecified atom stereocenters. The molecular weight excluding hydrogens is 357 g/mol. The third-order valence-electron chi connectivity index (χ3n) is 5.11. The standard InChI is InChI=1S/C20H17Cl2NO2/c1-25-20(24)12-7-5-11(6-8-12)18-14-4-2-3-13(14)17-15(21)9-10-16(22)19(17)23-18/h2-3,5-10,13-14,18,23H,4H2,1H3/t13-,14+,18+/m1/s1. The molecule has 0 saturated carbocycles. The van der Waals surface area contributed by atoms with Crippen molar-refractivity contribution in [1.82, 2.24) is 0 Å². The van der Waals surface area contributed by atoms with Crippen LogP contribution in [0.3, 0.4) is 0 Å². The van der Waals surface area contributed by atoms with E-state index in [-0.39, 0.29) is 17.9 Å². The van der Waals surface area contributed by atoms with Gasteiger partial charge in [-0.1, -0.05) is 47.5 Å². The number of nitrogens with one attached hydrogen (secondary N) is 1. The topological polar surface area (TPSA) is 38.3 Å². The molecular formula is C20H17Cl2NO2. The van der Waals surface area contributed by atoms with Crippen LogP contribution in [0, 0.1) is 5.92 Å². The molecule has 0 fully saturated rings. The van der Waals surface area contributed by atoms with Crippen molar-refractivity contribution in [3.05, 3.63) is 75.3 Å². The first-order valence-electron chi connectivity index (χ1n) is 8.19. The van der Waals surface area contributed by atoms with Gasteiger partial charge in [0, 0.05) is 16.5 Å². The van der Waals surface area contributed by atoms with Crippen LogP contribution in [0.1, 0.15) is 39.9 Å². The molecule has 0 radical (unpaired) electrons. The Bertz CT molecular complexity index is 861. The van der Waals surface area contributed by atoms with Crippen LogP contribution in [0.2, 0.25) is 10.0 Å². The molecule has 3 nitrogen and oxygen atoms in total. The number of esters is 1. The summed E-state index contributed by atoms with van der Waals surface area (Å²) in [6.45, 7) is 0. The van der Waals surface area contributed by atoms with E-state index in [9.17, 15) is 4.79 Å². The minimum absolute atomic E-state index is 0.107. The van der Waals surface area contributed by atoms with Gasteiger partial charge < -0.3 is 10.1 Å². The van der Waals surface area contributed by atoms with Crippen LogP contribution >= 0.6 is 23.2 Å². The summed E-state index contributed by atoms with van der Waals surface area (Å²) in [6.07, 6.45) is 5.41. The number of ether oxygens (including phenoxy) is 1. The molecule has 2 aromatic carbocycles. The zero-order valence-corrected chi connectivity index (χ0v) is 15.1. The van der Waals surface area contributed by atoms with Gasteiger partial charge in [-0.3, -0.25) is 0 Å². The van der Waals surface area contributed by atoms with Gasteiger partial charge in [-0.25, -0.2) is 4.79 Å². The van der Waals surface area contributed by atoms with Crippen molar-refractivity contribution in [3.8, 4) is 0 Å². The Balaban J connectivity index is 1.74. The molecule has 4 rings (SSSR count). The maximum atomic E-state index is 11.6. The van der Waals surface area contributed by atoms with E-state index in [1.165, 1.54) is 7.11 Å². The molecule has 2 aromatic rings. The molecule has 0 bridgehead atoms. The first-order chi connectivity index (χ1) is 12.1. The summed E-state index contributed by atoms with van der Waals surface area (Å²) in [7, 11) is 1.39. The Kier molecular flexibility index (Phi) is 4.22. The molecule has 0 saturated heterocycles. The third kappa shape index (κ3) is 2.72. The van der Waals surface area contributed by atoms with Crippen LogP contribution in [0.4, 0.5) is 5.69 Å². The number of benzene rings is 2. The molecule has 2 aliphatic rings. The summed E-state index contributed by atoms with van der Waals surface area (Å²) < 4.78 is 4.77. The van der Waals surface area contributed by atoms with Crippen LogP contribution in [0.25, 0.3) is 0 Å². The summed E-state index contributed by atoms with van der Waals surface area (Å²) in [4.78, 5) is 11.6. The van der Waals surface area contributed by atoms with Crippen molar-refractivity contribution in [2.45, 2.75) is 18.4 Å². The van der Waals surface area contributed by atoms with Crippen LogP contribution < -0.4 is 5.32 Å². The number of methoxy groups -OCH3 is 1. The number of hydrogen-bond acceptors (Lipinski definition) is 3. The van der Waals surface area contributed by atoms with Gasteiger partial charge in [0.1, 0.15) is 0 Å². The van der Waals surface area contributed by atoms with Gasteiger partial charge >= 0.3 is 5.97 Å². The second kappa shape index (κ2) is 6.40. The van der Waals surface area contributed by atoms with E-state index in [1.54, 1.807) is 12.1 Å². The van der Waals surface area contributed by atoms with Crippen LogP contribution in [-0.4, -0.2) is 13.1 Å². The molecule has 5 heteroatoms. The van der Waals surface area contributed by atoms with Crippen molar-refractivity contribution in [2.24, 2.45) is 5.92 Å². The highest BCUT2D eigenvalue weighted by atomic mass is 35.5. The molecule has 1 heterocycles. The maximum Gasteiger partial charge on any atom is 0.337 e. The fourth-order valence-electron chi connectivity index (χ4n) is 3.90. The Labute approximate surface area is 156 Å². The molecule has 0 amide bonds. The number of fused-ring (bicyclic) bond motifs is 3. The number of hydrogen-bond donors (Lipinski definition) is 1. The van der Waals surface area contributed by atoms with Crippen LogP contribution in [-0.2, 0) is 4.74 Å². The Morgan fingerprint density at radius 2 is 1.84 bits per heavy atom. The molecule has 1 N–H and O–H groups in total. The zero-order valence-electron chi connectivity index (χ0n) is 13.6. The number of allylic oxidation sites excluding steroid dienone is 2. The van der Waals surface area contributed by atoms with Crippen LogP contribution in [0.5, 0.6) is 0 Å². The van der Waals surface area contributed by atoms with E-state index in [0.717, 1.165) is 28.3 Å². The van der Waals surface area contributed by atoms with E-state index in [1.807, 2.05) is 24.3 Å².